The Morgan fingerprint density at radius 1 is 0.525 bits per heavy atom. The van der Waals surface area contributed by atoms with E-state index in [1.807, 2.05) is 30.6 Å². The zero-order valence-corrected chi connectivity index (χ0v) is 21.8. The molecule has 0 N–H and O–H groups in total. The van der Waals surface area contributed by atoms with Crippen LogP contribution in [0.15, 0.2) is 152 Å². The highest BCUT2D eigenvalue weighted by molar-refractivity contribution is 6.03. The lowest BCUT2D eigenvalue weighted by molar-refractivity contribution is 0.769. The van der Waals surface area contributed by atoms with Gasteiger partial charge in [0.15, 0.2) is 5.82 Å². The molecule has 0 spiro atoms. The number of aromatic nitrogens is 3. The second-order valence-corrected chi connectivity index (χ2v) is 10.3. The molecule has 8 rings (SSSR count). The van der Waals surface area contributed by atoms with Gasteiger partial charge in [0.05, 0.1) is 29.0 Å². The van der Waals surface area contributed by atoms with E-state index in [9.17, 15) is 0 Å². The zero-order valence-electron chi connectivity index (χ0n) is 21.8. The van der Waals surface area contributed by atoms with Crippen molar-refractivity contribution >= 4 is 10.9 Å². The van der Waals surface area contributed by atoms with Crippen molar-refractivity contribution in [1.82, 2.24) is 14.5 Å². The normalized spacial score (nSPS) is 13.2. The third-order valence-corrected chi connectivity index (χ3v) is 8.24. The summed E-state index contributed by atoms with van der Waals surface area (Å²) in [6.45, 7) is 0. The van der Waals surface area contributed by atoms with E-state index in [0.717, 1.165) is 22.6 Å². The fourth-order valence-electron chi connectivity index (χ4n) is 6.56. The smallest absolute Gasteiger partial charge is 0.155 e. The molecule has 0 saturated heterocycles. The van der Waals surface area contributed by atoms with E-state index in [1.165, 1.54) is 38.8 Å². The molecule has 1 aliphatic rings. The first kappa shape index (κ1) is 22.7. The molecule has 188 valence electrons. The molecule has 0 saturated carbocycles. The van der Waals surface area contributed by atoms with Crippen molar-refractivity contribution < 1.29 is 0 Å². The Morgan fingerprint density at radius 3 is 1.85 bits per heavy atom. The third-order valence-electron chi connectivity index (χ3n) is 8.24. The van der Waals surface area contributed by atoms with Crippen LogP contribution in [0, 0.1) is 0 Å². The Morgan fingerprint density at radius 2 is 1.18 bits per heavy atom. The predicted molar refractivity (Wildman–Crippen MR) is 162 cm³/mol. The van der Waals surface area contributed by atoms with E-state index < -0.39 is 5.41 Å². The summed E-state index contributed by atoms with van der Waals surface area (Å²) in [6, 6.07) is 47.7. The summed E-state index contributed by atoms with van der Waals surface area (Å²) in [5, 5.41) is 1.22. The molecule has 0 unspecified atom stereocenters. The second-order valence-electron chi connectivity index (χ2n) is 10.3. The van der Waals surface area contributed by atoms with Crippen molar-refractivity contribution in [2.24, 2.45) is 0 Å². The Labute approximate surface area is 233 Å². The van der Waals surface area contributed by atoms with Crippen LogP contribution in [0.3, 0.4) is 0 Å². The zero-order chi connectivity index (χ0) is 26.5. The molecule has 3 heteroatoms. The first-order chi connectivity index (χ1) is 19.9. The molecular weight excluding hydrogens is 486 g/mol. The minimum absolute atomic E-state index is 0.401. The summed E-state index contributed by atoms with van der Waals surface area (Å²) >= 11 is 0. The van der Waals surface area contributed by atoms with Crippen LogP contribution < -0.4 is 0 Å². The number of rotatable bonds is 4. The van der Waals surface area contributed by atoms with E-state index in [-0.39, 0.29) is 0 Å². The van der Waals surface area contributed by atoms with Crippen LogP contribution in [-0.2, 0) is 5.41 Å². The maximum absolute atomic E-state index is 4.81. The Kier molecular flexibility index (Phi) is 5.04. The Balaban J connectivity index is 1.36. The summed E-state index contributed by atoms with van der Waals surface area (Å²) in [5.74, 6) is 0.804. The molecular formula is C37H25N3. The van der Waals surface area contributed by atoms with E-state index in [4.69, 9.17) is 9.97 Å². The van der Waals surface area contributed by atoms with Gasteiger partial charge < -0.3 is 0 Å². The van der Waals surface area contributed by atoms with Gasteiger partial charge in [0, 0.05) is 17.1 Å². The van der Waals surface area contributed by atoms with E-state index in [1.54, 1.807) is 0 Å². The van der Waals surface area contributed by atoms with Crippen molar-refractivity contribution in [3.63, 3.8) is 0 Å². The number of nitrogens with zero attached hydrogens (tertiary/aromatic N) is 3. The van der Waals surface area contributed by atoms with Crippen LogP contribution in [0.5, 0.6) is 0 Å². The highest BCUT2D eigenvalue weighted by atomic mass is 15.1. The van der Waals surface area contributed by atoms with Crippen LogP contribution in [0.2, 0.25) is 0 Å². The minimum atomic E-state index is -0.401. The van der Waals surface area contributed by atoms with Crippen LogP contribution in [0.25, 0.3) is 39.1 Å². The van der Waals surface area contributed by atoms with Crippen molar-refractivity contribution in [1.29, 1.82) is 0 Å². The summed E-state index contributed by atoms with van der Waals surface area (Å²) in [6.07, 6.45) is 5.83. The molecule has 1 aliphatic carbocycles. The lowest BCUT2D eigenvalue weighted by atomic mass is 9.67. The first-order valence-electron chi connectivity index (χ1n) is 13.6. The van der Waals surface area contributed by atoms with Crippen molar-refractivity contribution in [2.45, 2.75) is 5.41 Å². The minimum Gasteiger partial charge on any atom is -0.300 e. The van der Waals surface area contributed by atoms with E-state index >= 15 is 0 Å². The van der Waals surface area contributed by atoms with E-state index in [2.05, 4.69) is 126 Å². The summed E-state index contributed by atoms with van der Waals surface area (Å²) in [7, 11) is 0. The summed E-state index contributed by atoms with van der Waals surface area (Å²) < 4.78 is 2.14. The summed E-state index contributed by atoms with van der Waals surface area (Å²) in [5.41, 5.74) is 10.4. The van der Waals surface area contributed by atoms with Gasteiger partial charge in [-0.1, -0.05) is 121 Å². The van der Waals surface area contributed by atoms with Gasteiger partial charge in [-0.15, -0.1) is 0 Å². The molecule has 40 heavy (non-hydrogen) atoms. The fraction of sp³-hybridized carbons (Fsp3) is 0.0270. The number of benzene rings is 5. The third kappa shape index (κ3) is 3.18. The molecule has 0 aliphatic heterocycles. The molecule has 5 aromatic carbocycles. The van der Waals surface area contributed by atoms with Crippen LogP contribution in [0.1, 0.15) is 22.3 Å². The second kappa shape index (κ2) is 8.89. The average Bonchev–Trinajstić information content (AvgIpc) is 3.60. The van der Waals surface area contributed by atoms with Gasteiger partial charge in [-0.3, -0.25) is 9.55 Å². The number of hydrogen-bond donors (Lipinski definition) is 0. The molecule has 7 aromatic rings. The molecule has 0 atom stereocenters. The topological polar surface area (TPSA) is 30.7 Å². The Hall–Kier alpha value is -5.28. The summed E-state index contributed by atoms with van der Waals surface area (Å²) in [4.78, 5) is 9.55. The van der Waals surface area contributed by atoms with Gasteiger partial charge in [0.2, 0.25) is 0 Å². The molecule has 3 nitrogen and oxygen atoms in total. The van der Waals surface area contributed by atoms with Gasteiger partial charge in [0.25, 0.3) is 0 Å². The molecule has 0 bridgehead atoms. The van der Waals surface area contributed by atoms with E-state index in [0.29, 0.717) is 0 Å². The van der Waals surface area contributed by atoms with Crippen molar-refractivity contribution in [3.8, 4) is 28.2 Å². The van der Waals surface area contributed by atoms with Crippen molar-refractivity contribution in [2.75, 3.05) is 0 Å². The standard InChI is InChI=1S/C37H25N3/c1-4-12-26(13-5-1)33-24-39-35(25-38-33)40-23-22-30-34(40)21-20-32-36(30)29-18-10-11-19-31(29)37(32,27-14-6-2-7-15-27)28-16-8-3-9-17-28/h1-25H. The molecule has 0 radical (unpaired) electrons. The van der Waals surface area contributed by atoms with Crippen LogP contribution in [-0.4, -0.2) is 14.5 Å². The fourth-order valence-corrected chi connectivity index (χ4v) is 6.56. The maximum atomic E-state index is 4.81. The van der Waals surface area contributed by atoms with Gasteiger partial charge in [-0.05, 0) is 45.5 Å². The highest BCUT2D eigenvalue weighted by Crippen LogP contribution is 2.57. The molecule has 0 amide bonds. The molecule has 2 aromatic heterocycles. The Bertz CT molecular complexity index is 1930. The predicted octanol–water partition coefficient (Wildman–Crippen LogP) is 8.45. The lowest BCUT2D eigenvalue weighted by Gasteiger charge is -2.33. The quantitative estimate of drug-likeness (QED) is 0.237. The lowest BCUT2D eigenvalue weighted by Crippen LogP contribution is -2.28. The number of fused-ring (bicyclic) bond motifs is 5. The highest BCUT2D eigenvalue weighted by Gasteiger charge is 2.46. The van der Waals surface area contributed by atoms with Gasteiger partial charge >= 0.3 is 0 Å². The number of hydrogen-bond acceptors (Lipinski definition) is 2. The molecule has 0 fully saturated rings. The largest absolute Gasteiger partial charge is 0.300 e. The van der Waals surface area contributed by atoms with Crippen molar-refractivity contribution in [3.05, 3.63) is 174 Å². The average molecular weight is 512 g/mol. The SMILES string of the molecule is c1ccc(-c2cnc(-n3ccc4c5c(ccc43)C(c3ccccc3)(c3ccccc3)c3ccccc3-5)cn2)cc1. The monoisotopic (exact) mass is 511 g/mol. The van der Waals surface area contributed by atoms with Crippen LogP contribution >= 0.6 is 0 Å². The van der Waals surface area contributed by atoms with Gasteiger partial charge in [-0.25, -0.2) is 4.98 Å². The molecule has 2 heterocycles. The van der Waals surface area contributed by atoms with Gasteiger partial charge in [0.1, 0.15) is 0 Å². The van der Waals surface area contributed by atoms with Gasteiger partial charge in [-0.2, -0.15) is 0 Å². The first-order valence-corrected chi connectivity index (χ1v) is 13.6. The van der Waals surface area contributed by atoms with Crippen LogP contribution in [0.4, 0.5) is 0 Å². The maximum Gasteiger partial charge on any atom is 0.155 e.